The molecule has 0 radical (unpaired) electrons. The standard InChI is InChI=1S/C27H23BrN2O4/c1-17-9-11-19(12-10-17)16-34-25-23(28)14-20(15-24(25)33-3)13-22-18(2)29-30(27(22)32)26(31)21-7-5-4-6-8-21/h4-15H,16H2,1-3H3/b22-13+. The first-order chi connectivity index (χ1) is 16.4. The van der Waals surface area contributed by atoms with Crippen molar-refractivity contribution in [3.8, 4) is 11.5 Å². The molecular formula is C27H23BrN2O4. The molecule has 0 aliphatic carbocycles. The first-order valence-corrected chi connectivity index (χ1v) is 11.4. The number of carbonyl (C=O) groups excluding carboxylic acids is 2. The van der Waals surface area contributed by atoms with Gasteiger partial charge in [0.25, 0.3) is 11.8 Å². The van der Waals surface area contributed by atoms with Crippen molar-refractivity contribution < 1.29 is 19.1 Å². The van der Waals surface area contributed by atoms with Crippen LogP contribution >= 0.6 is 15.9 Å². The van der Waals surface area contributed by atoms with Gasteiger partial charge < -0.3 is 9.47 Å². The molecule has 0 atom stereocenters. The zero-order chi connectivity index (χ0) is 24.2. The second kappa shape index (κ2) is 10.1. The molecule has 1 aliphatic rings. The third-order valence-corrected chi connectivity index (χ3v) is 5.93. The molecule has 3 aromatic rings. The summed E-state index contributed by atoms with van der Waals surface area (Å²) in [5.41, 5.74) is 4.13. The summed E-state index contributed by atoms with van der Waals surface area (Å²) in [5.74, 6) is 0.146. The molecule has 0 spiro atoms. The Labute approximate surface area is 206 Å². The summed E-state index contributed by atoms with van der Waals surface area (Å²) in [7, 11) is 1.56. The number of imide groups is 1. The SMILES string of the molecule is COc1cc(/C=C2/C(=O)N(C(=O)c3ccccc3)N=C2C)cc(Br)c1OCc1ccc(C)cc1. The van der Waals surface area contributed by atoms with Crippen molar-refractivity contribution in [3.63, 3.8) is 0 Å². The van der Waals surface area contributed by atoms with Gasteiger partial charge in [0, 0.05) is 5.56 Å². The smallest absolute Gasteiger partial charge is 0.283 e. The van der Waals surface area contributed by atoms with E-state index >= 15 is 0 Å². The molecule has 0 fully saturated rings. The zero-order valence-corrected chi connectivity index (χ0v) is 20.6. The summed E-state index contributed by atoms with van der Waals surface area (Å²) < 4.78 is 12.2. The summed E-state index contributed by atoms with van der Waals surface area (Å²) >= 11 is 3.56. The van der Waals surface area contributed by atoms with Crippen LogP contribution in [0.2, 0.25) is 0 Å². The van der Waals surface area contributed by atoms with E-state index in [1.807, 2.05) is 43.3 Å². The molecule has 0 saturated heterocycles. The predicted molar refractivity (Wildman–Crippen MR) is 135 cm³/mol. The number of rotatable bonds is 6. The number of ether oxygens (including phenoxy) is 2. The van der Waals surface area contributed by atoms with Crippen molar-refractivity contribution in [3.05, 3.63) is 99.0 Å². The van der Waals surface area contributed by atoms with Gasteiger partial charge in [0.05, 0.1) is 22.9 Å². The van der Waals surface area contributed by atoms with Gasteiger partial charge in [-0.2, -0.15) is 10.1 Å². The number of nitrogens with zero attached hydrogens (tertiary/aromatic N) is 2. The Bertz CT molecular complexity index is 1300. The van der Waals surface area contributed by atoms with Crippen molar-refractivity contribution in [2.75, 3.05) is 7.11 Å². The number of hydrazone groups is 1. The first-order valence-electron chi connectivity index (χ1n) is 10.6. The van der Waals surface area contributed by atoms with Gasteiger partial charge in [0.2, 0.25) is 0 Å². The van der Waals surface area contributed by atoms with E-state index in [2.05, 4.69) is 21.0 Å². The molecule has 0 aromatic heterocycles. The largest absolute Gasteiger partial charge is 0.493 e. The normalized spacial score (nSPS) is 14.4. The van der Waals surface area contributed by atoms with Crippen molar-refractivity contribution in [1.29, 1.82) is 0 Å². The third kappa shape index (κ3) is 4.94. The van der Waals surface area contributed by atoms with Crippen molar-refractivity contribution in [2.45, 2.75) is 20.5 Å². The fourth-order valence-electron chi connectivity index (χ4n) is 3.49. The summed E-state index contributed by atoms with van der Waals surface area (Å²) in [6.45, 7) is 4.12. The van der Waals surface area contributed by atoms with Crippen molar-refractivity contribution in [1.82, 2.24) is 5.01 Å². The molecule has 3 aromatic carbocycles. The van der Waals surface area contributed by atoms with Gasteiger partial charge in [-0.3, -0.25) is 9.59 Å². The Morgan fingerprint density at radius 3 is 2.44 bits per heavy atom. The van der Waals surface area contributed by atoms with Gasteiger partial charge in [0.1, 0.15) is 6.61 Å². The summed E-state index contributed by atoms with van der Waals surface area (Å²) in [5, 5.41) is 5.09. The van der Waals surface area contributed by atoms with Crippen LogP contribution in [0.1, 0.15) is 34.0 Å². The molecular weight excluding hydrogens is 496 g/mol. The minimum atomic E-state index is -0.471. The highest BCUT2D eigenvalue weighted by Gasteiger charge is 2.33. The highest BCUT2D eigenvalue weighted by molar-refractivity contribution is 9.10. The topological polar surface area (TPSA) is 68.2 Å². The second-order valence-electron chi connectivity index (χ2n) is 7.84. The van der Waals surface area contributed by atoms with E-state index < -0.39 is 11.8 Å². The van der Waals surface area contributed by atoms with Crippen LogP contribution < -0.4 is 9.47 Å². The summed E-state index contributed by atoms with van der Waals surface area (Å²) in [4.78, 5) is 25.7. The van der Waals surface area contributed by atoms with Gasteiger partial charge in [-0.15, -0.1) is 0 Å². The summed E-state index contributed by atoms with van der Waals surface area (Å²) in [6.07, 6.45) is 1.69. The van der Waals surface area contributed by atoms with Crippen LogP contribution in [0, 0.1) is 6.92 Å². The average Bonchev–Trinajstić information content (AvgIpc) is 3.12. The van der Waals surface area contributed by atoms with E-state index in [0.717, 1.165) is 10.6 Å². The van der Waals surface area contributed by atoms with Crippen molar-refractivity contribution >= 4 is 39.5 Å². The Hall–Kier alpha value is -3.71. The molecule has 34 heavy (non-hydrogen) atoms. The Kier molecular flexibility index (Phi) is 6.93. The van der Waals surface area contributed by atoms with Gasteiger partial charge in [-0.05, 0) is 71.2 Å². The minimum absolute atomic E-state index is 0.339. The van der Waals surface area contributed by atoms with Crippen LogP contribution in [-0.2, 0) is 11.4 Å². The van der Waals surface area contributed by atoms with Crippen LogP contribution in [0.5, 0.6) is 11.5 Å². The van der Waals surface area contributed by atoms with Gasteiger partial charge >= 0.3 is 0 Å². The van der Waals surface area contributed by atoms with E-state index in [-0.39, 0.29) is 0 Å². The van der Waals surface area contributed by atoms with E-state index in [9.17, 15) is 9.59 Å². The zero-order valence-electron chi connectivity index (χ0n) is 19.0. The maximum absolute atomic E-state index is 13.0. The molecule has 6 nitrogen and oxygen atoms in total. The fourth-order valence-corrected chi connectivity index (χ4v) is 4.07. The van der Waals surface area contributed by atoms with Gasteiger partial charge in [-0.1, -0.05) is 48.0 Å². The predicted octanol–water partition coefficient (Wildman–Crippen LogP) is 5.79. The average molecular weight is 519 g/mol. The number of halogens is 1. The van der Waals surface area contributed by atoms with E-state index in [1.165, 1.54) is 5.56 Å². The number of hydrogen-bond acceptors (Lipinski definition) is 5. The van der Waals surface area contributed by atoms with Crippen LogP contribution in [0.15, 0.2) is 81.9 Å². The number of methoxy groups -OCH3 is 1. The molecule has 1 aliphatic heterocycles. The maximum Gasteiger partial charge on any atom is 0.283 e. The Morgan fingerprint density at radius 1 is 1.06 bits per heavy atom. The molecule has 0 unspecified atom stereocenters. The number of benzene rings is 3. The number of aryl methyl sites for hydroxylation is 1. The molecule has 0 N–H and O–H groups in total. The molecule has 0 saturated carbocycles. The Morgan fingerprint density at radius 2 is 1.76 bits per heavy atom. The second-order valence-corrected chi connectivity index (χ2v) is 8.69. The molecule has 0 bridgehead atoms. The maximum atomic E-state index is 13.0. The molecule has 1 heterocycles. The van der Waals surface area contributed by atoms with Gasteiger partial charge in [-0.25, -0.2) is 0 Å². The monoisotopic (exact) mass is 518 g/mol. The molecule has 7 heteroatoms. The van der Waals surface area contributed by atoms with Crippen LogP contribution in [0.25, 0.3) is 6.08 Å². The molecule has 2 amide bonds. The van der Waals surface area contributed by atoms with Crippen LogP contribution in [0.4, 0.5) is 0 Å². The number of amides is 2. The lowest BCUT2D eigenvalue weighted by atomic mass is 10.1. The third-order valence-electron chi connectivity index (χ3n) is 5.34. The quantitative estimate of drug-likeness (QED) is 0.306. The minimum Gasteiger partial charge on any atom is -0.493 e. The Balaban J connectivity index is 1.57. The lowest BCUT2D eigenvalue weighted by Crippen LogP contribution is -2.29. The van der Waals surface area contributed by atoms with E-state index in [0.29, 0.717) is 45.0 Å². The first kappa shape index (κ1) is 23.4. The lowest BCUT2D eigenvalue weighted by molar-refractivity contribution is -0.123. The van der Waals surface area contributed by atoms with Crippen LogP contribution in [0.3, 0.4) is 0 Å². The van der Waals surface area contributed by atoms with Crippen LogP contribution in [-0.4, -0.2) is 29.6 Å². The number of hydrogen-bond donors (Lipinski definition) is 0. The van der Waals surface area contributed by atoms with Crippen molar-refractivity contribution in [2.24, 2.45) is 5.10 Å². The van der Waals surface area contributed by atoms with E-state index in [1.54, 1.807) is 50.4 Å². The lowest BCUT2D eigenvalue weighted by Gasteiger charge is -2.14. The highest BCUT2D eigenvalue weighted by atomic mass is 79.9. The molecule has 4 rings (SSSR count). The fraction of sp³-hybridized carbons (Fsp3) is 0.148. The molecule has 172 valence electrons. The van der Waals surface area contributed by atoms with Gasteiger partial charge in [0.15, 0.2) is 11.5 Å². The highest BCUT2D eigenvalue weighted by Crippen LogP contribution is 2.38. The number of carbonyl (C=O) groups is 2. The van der Waals surface area contributed by atoms with E-state index in [4.69, 9.17) is 9.47 Å². The summed E-state index contributed by atoms with van der Waals surface area (Å²) in [6, 6.07) is 20.3.